The van der Waals surface area contributed by atoms with E-state index in [1.807, 2.05) is 14.0 Å². The molecule has 0 aromatic carbocycles. The minimum Gasteiger partial charge on any atom is -0.393 e. The van der Waals surface area contributed by atoms with Crippen LogP contribution in [0.2, 0.25) is 0 Å². The molecule has 4 heteroatoms. The normalized spacial score (nSPS) is 16.4. The quantitative estimate of drug-likeness (QED) is 0.860. The number of hydrogen-bond donors (Lipinski definition) is 1. The molecule has 0 spiro atoms. The molecule has 0 aliphatic heterocycles. The SMILES string of the molecule is CC(O)CCN(C)c1ncnc2c1CCCC2. The second-order valence-corrected chi connectivity index (χ2v) is 4.89. The number of aromatic nitrogens is 2. The average Bonchev–Trinajstić information content (AvgIpc) is 2.35. The highest BCUT2D eigenvalue weighted by Crippen LogP contribution is 2.26. The molecule has 94 valence electrons. The van der Waals surface area contributed by atoms with Gasteiger partial charge in [-0.1, -0.05) is 0 Å². The van der Waals surface area contributed by atoms with E-state index in [4.69, 9.17) is 0 Å². The molecule has 1 aromatic heterocycles. The van der Waals surface area contributed by atoms with Crippen molar-refractivity contribution in [2.24, 2.45) is 0 Å². The van der Waals surface area contributed by atoms with Crippen LogP contribution in [0, 0.1) is 0 Å². The van der Waals surface area contributed by atoms with Gasteiger partial charge in [0.05, 0.1) is 6.10 Å². The Hall–Kier alpha value is -1.16. The zero-order chi connectivity index (χ0) is 12.3. The topological polar surface area (TPSA) is 49.2 Å². The molecule has 1 N–H and O–H groups in total. The van der Waals surface area contributed by atoms with Crippen LogP contribution in [-0.2, 0) is 12.8 Å². The standard InChI is InChI=1S/C13H21N3O/c1-10(17)7-8-16(2)13-11-5-3-4-6-12(11)14-9-15-13/h9-10,17H,3-8H2,1-2H3. The fourth-order valence-electron chi connectivity index (χ4n) is 2.32. The summed E-state index contributed by atoms with van der Waals surface area (Å²) in [7, 11) is 2.04. The van der Waals surface area contributed by atoms with Crippen molar-refractivity contribution in [2.75, 3.05) is 18.5 Å². The van der Waals surface area contributed by atoms with Crippen molar-refractivity contribution < 1.29 is 5.11 Å². The van der Waals surface area contributed by atoms with E-state index >= 15 is 0 Å². The summed E-state index contributed by atoms with van der Waals surface area (Å²) in [5.41, 5.74) is 2.52. The summed E-state index contributed by atoms with van der Waals surface area (Å²) in [5.74, 6) is 1.05. The van der Waals surface area contributed by atoms with Gasteiger partial charge >= 0.3 is 0 Å². The van der Waals surface area contributed by atoms with Crippen molar-refractivity contribution in [3.63, 3.8) is 0 Å². The number of aliphatic hydroxyl groups is 1. The first kappa shape index (κ1) is 12.3. The molecule has 0 radical (unpaired) electrons. The van der Waals surface area contributed by atoms with Gasteiger partial charge in [-0.15, -0.1) is 0 Å². The zero-order valence-electron chi connectivity index (χ0n) is 10.7. The van der Waals surface area contributed by atoms with Crippen LogP contribution in [0.1, 0.15) is 37.4 Å². The Balaban J connectivity index is 2.14. The monoisotopic (exact) mass is 235 g/mol. The number of aliphatic hydroxyl groups excluding tert-OH is 1. The third-order valence-corrected chi connectivity index (χ3v) is 3.35. The Morgan fingerprint density at radius 2 is 2.12 bits per heavy atom. The maximum atomic E-state index is 9.33. The molecule has 0 bridgehead atoms. The third kappa shape index (κ3) is 2.94. The van der Waals surface area contributed by atoms with Gasteiger partial charge in [0.2, 0.25) is 0 Å². The highest BCUT2D eigenvalue weighted by atomic mass is 16.3. The van der Waals surface area contributed by atoms with Gasteiger partial charge in [0.15, 0.2) is 0 Å². The first-order valence-corrected chi connectivity index (χ1v) is 6.40. The van der Waals surface area contributed by atoms with Crippen molar-refractivity contribution >= 4 is 5.82 Å². The molecule has 1 aliphatic rings. The van der Waals surface area contributed by atoms with Gasteiger partial charge < -0.3 is 10.0 Å². The van der Waals surface area contributed by atoms with Crippen LogP contribution < -0.4 is 4.90 Å². The molecule has 17 heavy (non-hydrogen) atoms. The van der Waals surface area contributed by atoms with E-state index in [1.165, 1.54) is 24.1 Å². The number of hydrogen-bond acceptors (Lipinski definition) is 4. The minimum absolute atomic E-state index is 0.255. The fourth-order valence-corrected chi connectivity index (χ4v) is 2.32. The van der Waals surface area contributed by atoms with Gasteiger partial charge in [0.1, 0.15) is 12.1 Å². The number of aryl methyl sites for hydroxylation is 1. The minimum atomic E-state index is -0.255. The molecule has 0 amide bonds. The van der Waals surface area contributed by atoms with Crippen LogP contribution in [0.15, 0.2) is 6.33 Å². The third-order valence-electron chi connectivity index (χ3n) is 3.35. The molecule has 1 aromatic rings. The summed E-state index contributed by atoms with van der Waals surface area (Å²) < 4.78 is 0. The van der Waals surface area contributed by atoms with E-state index in [2.05, 4.69) is 14.9 Å². The lowest BCUT2D eigenvalue weighted by Gasteiger charge is -2.24. The van der Waals surface area contributed by atoms with Gasteiger partial charge in [-0.3, -0.25) is 0 Å². The largest absolute Gasteiger partial charge is 0.393 e. The molecule has 1 aliphatic carbocycles. The first-order valence-electron chi connectivity index (χ1n) is 6.40. The maximum absolute atomic E-state index is 9.33. The van der Waals surface area contributed by atoms with Crippen molar-refractivity contribution in [1.82, 2.24) is 9.97 Å². The van der Waals surface area contributed by atoms with Crippen LogP contribution >= 0.6 is 0 Å². The molecule has 0 saturated heterocycles. The Labute approximate surface area is 103 Å². The lowest BCUT2D eigenvalue weighted by Crippen LogP contribution is -2.25. The van der Waals surface area contributed by atoms with Crippen molar-refractivity contribution in [1.29, 1.82) is 0 Å². The summed E-state index contributed by atoms with van der Waals surface area (Å²) in [6, 6.07) is 0. The zero-order valence-corrected chi connectivity index (χ0v) is 10.7. The van der Waals surface area contributed by atoms with Crippen LogP contribution in [0.25, 0.3) is 0 Å². The van der Waals surface area contributed by atoms with Crippen molar-refractivity contribution in [3.05, 3.63) is 17.6 Å². The predicted molar refractivity (Wildman–Crippen MR) is 68.2 cm³/mol. The Kier molecular flexibility index (Phi) is 3.94. The molecule has 0 fully saturated rings. The molecule has 1 atom stereocenters. The van der Waals surface area contributed by atoms with E-state index in [0.29, 0.717) is 0 Å². The summed E-state index contributed by atoms with van der Waals surface area (Å²) in [5, 5.41) is 9.33. The Morgan fingerprint density at radius 1 is 1.35 bits per heavy atom. The summed E-state index contributed by atoms with van der Waals surface area (Å²) in [6.45, 7) is 2.66. The Bertz CT molecular complexity index is 379. The molecule has 1 heterocycles. The number of anilines is 1. The van der Waals surface area contributed by atoms with E-state index in [9.17, 15) is 5.11 Å². The van der Waals surface area contributed by atoms with Crippen molar-refractivity contribution in [3.8, 4) is 0 Å². The van der Waals surface area contributed by atoms with Gasteiger partial charge in [0, 0.05) is 24.8 Å². The van der Waals surface area contributed by atoms with E-state index < -0.39 is 0 Å². The summed E-state index contributed by atoms with van der Waals surface area (Å²) in [4.78, 5) is 10.9. The van der Waals surface area contributed by atoms with Gasteiger partial charge in [-0.25, -0.2) is 9.97 Å². The lowest BCUT2D eigenvalue weighted by atomic mass is 9.96. The number of nitrogens with zero attached hydrogens (tertiary/aromatic N) is 3. The molecule has 1 unspecified atom stereocenters. The Morgan fingerprint density at radius 3 is 2.88 bits per heavy atom. The van der Waals surface area contributed by atoms with Gasteiger partial charge in [0.25, 0.3) is 0 Å². The molecule has 0 saturated carbocycles. The molecular formula is C13H21N3O. The van der Waals surface area contributed by atoms with Gasteiger partial charge in [-0.2, -0.15) is 0 Å². The fraction of sp³-hybridized carbons (Fsp3) is 0.692. The van der Waals surface area contributed by atoms with Crippen molar-refractivity contribution in [2.45, 2.75) is 45.1 Å². The smallest absolute Gasteiger partial charge is 0.135 e. The van der Waals surface area contributed by atoms with E-state index in [0.717, 1.165) is 31.6 Å². The molecule has 4 nitrogen and oxygen atoms in total. The van der Waals surface area contributed by atoms with Gasteiger partial charge in [-0.05, 0) is 39.0 Å². The highest BCUT2D eigenvalue weighted by molar-refractivity contribution is 5.48. The molecule has 2 rings (SSSR count). The second-order valence-electron chi connectivity index (χ2n) is 4.89. The number of rotatable bonds is 4. The van der Waals surface area contributed by atoms with E-state index in [-0.39, 0.29) is 6.10 Å². The van der Waals surface area contributed by atoms with Crippen LogP contribution in [0.3, 0.4) is 0 Å². The average molecular weight is 235 g/mol. The van der Waals surface area contributed by atoms with Crippen LogP contribution in [0.4, 0.5) is 5.82 Å². The maximum Gasteiger partial charge on any atom is 0.135 e. The van der Waals surface area contributed by atoms with Crippen LogP contribution in [0.5, 0.6) is 0 Å². The summed E-state index contributed by atoms with van der Waals surface area (Å²) >= 11 is 0. The lowest BCUT2D eigenvalue weighted by molar-refractivity contribution is 0.187. The first-order chi connectivity index (χ1) is 8.18. The predicted octanol–water partition coefficient (Wildman–Crippen LogP) is 1.56. The van der Waals surface area contributed by atoms with Crippen LogP contribution in [-0.4, -0.2) is 34.8 Å². The summed E-state index contributed by atoms with van der Waals surface area (Å²) in [6.07, 6.45) is 6.82. The van der Waals surface area contributed by atoms with E-state index in [1.54, 1.807) is 6.33 Å². The number of fused-ring (bicyclic) bond motifs is 1. The second kappa shape index (κ2) is 5.45. The molecular weight excluding hydrogens is 214 g/mol. The highest BCUT2D eigenvalue weighted by Gasteiger charge is 2.17.